The molecule has 0 spiro atoms. The molecule has 0 aliphatic heterocycles. The second-order valence-electron chi connectivity index (χ2n) is 3.47. The quantitative estimate of drug-likeness (QED) is 0.706. The number of carbonyl (C=O) groups excluding carboxylic acids is 1. The average molecular weight is 245 g/mol. The van der Waals surface area contributed by atoms with Crippen molar-refractivity contribution in [3.05, 3.63) is 24.3 Å². The molecule has 0 radical (unpaired) electrons. The van der Waals surface area contributed by atoms with Gasteiger partial charge in [0.15, 0.2) is 0 Å². The fourth-order valence-electron chi connectivity index (χ4n) is 1.23. The minimum atomic E-state index is -0.130. The molecule has 0 saturated carbocycles. The first-order chi connectivity index (χ1) is 7.15. The molecule has 1 aromatic carbocycles. The van der Waals surface area contributed by atoms with Crippen LogP contribution in [0.5, 0.6) is 5.75 Å². The topological polar surface area (TPSA) is 61.4 Å². The van der Waals surface area contributed by atoms with E-state index in [1.165, 1.54) is 0 Å². The Morgan fingerprint density at radius 3 is 2.62 bits per heavy atom. The van der Waals surface area contributed by atoms with Crippen molar-refractivity contribution in [3.8, 4) is 5.75 Å². The van der Waals surface area contributed by atoms with Crippen LogP contribution in [0.3, 0.4) is 0 Å². The second kappa shape index (κ2) is 7.09. The summed E-state index contributed by atoms with van der Waals surface area (Å²) >= 11 is 0. The van der Waals surface area contributed by atoms with Crippen LogP contribution < -0.4 is 10.6 Å². The van der Waals surface area contributed by atoms with Crippen LogP contribution in [0.2, 0.25) is 0 Å². The molecule has 1 unspecified atom stereocenters. The zero-order valence-electron chi connectivity index (χ0n) is 9.36. The lowest BCUT2D eigenvalue weighted by atomic mass is 10.1. The van der Waals surface area contributed by atoms with Crippen molar-refractivity contribution in [1.82, 2.24) is 5.32 Å². The predicted octanol–water partition coefficient (Wildman–Crippen LogP) is 1.61. The van der Waals surface area contributed by atoms with Crippen LogP contribution in [-0.2, 0) is 4.79 Å². The number of rotatable bonds is 4. The first-order valence-electron chi connectivity index (χ1n) is 4.88. The molecule has 0 fully saturated rings. The van der Waals surface area contributed by atoms with E-state index in [1.54, 1.807) is 31.3 Å². The van der Waals surface area contributed by atoms with Gasteiger partial charge in [-0.2, -0.15) is 0 Å². The Morgan fingerprint density at radius 2 is 2.06 bits per heavy atom. The molecule has 0 aromatic heterocycles. The summed E-state index contributed by atoms with van der Waals surface area (Å²) in [5, 5.41) is 15.0. The molecule has 3 N–H and O–H groups in total. The van der Waals surface area contributed by atoms with Crippen LogP contribution in [0, 0.1) is 5.92 Å². The number of para-hydroxylation sites is 2. The van der Waals surface area contributed by atoms with Crippen LogP contribution >= 0.6 is 12.4 Å². The van der Waals surface area contributed by atoms with Crippen molar-refractivity contribution in [2.75, 3.05) is 18.9 Å². The third-order valence-corrected chi connectivity index (χ3v) is 2.12. The minimum absolute atomic E-state index is 0. The largest absolute Gasteiger partial charge is 0.506 e. The number of amides is 1. The minimum Gasteiger partial charge on any atom is -0.506 e. The summed E-state index contributed by atoms with van der Waals surface area (Å²) in [6, 6.07) is 6.68. The number of benzene rings is 1. The molecule has 5 heteroatoms. The number of hydrogen-bond donors (Lipinski definition) is 3. The van der Waals surface area contributed by atoms with Crippen LogP contribution in [-0.4, -0.2) is 24.6 Å². The number of nitrogens with one attached hydrogen (secondary N) is 2. The molecule has 0 aliphatic carbocycles. The summed E-state index contributed by atoms with van der Waals surface area (Å²) in [6.07, 6.45) is 0. The van der Waals surface area contributed by atoms with Gasteiger partial charge < -0.3 is 15.7 Å². The number of anilines is 1. The summed E-state index contributed by atoms with van der Waals surface area (Å²) in [4.78, 5) is 11.6. The lowest BCUT2D eigenvalue weighted by Gasteiger charge is -2.12. The number of halogens is 1. The summed E-state index contributed by atoms with van der Waals surface area (Å²) in [7, 11) is 1.80. The van der Waals surface area contributed by atoms with Gasteiger partial charge in [0.05, 0.1) is 5.69 Å². The third kappa shape index (κ3) is 4.08. The highest BCUT2D eigenvalue weighted by Crippen LogP contribution is 2.21. The molecule has 0 aliphatic rings. The molecule has 0 saturated heterocycles. The van der Waals surface area contributed by atoms with Gasteiger partial charge in [0.1, 0.15) is 5.75 Å². The van der Waals surface area contributed by atoms with Gasteiger partial charge in [-0.15, -0.1) is 12.4 Å². The Morgan fingerprint density at radius 1 is 1.44 bits per heavy atom. The van der Waals surface area contributed by atoms with Gasteiger partial charge in [0.25, 0.3) is 0 Å². The van der Waals surface area contributed by atoms with Crippen molar-refractivity contribution in [2.24, 2.45) is 5.92 Å². The normalized spacial score (nSPS) is 11.4. The van der Waals surface area contributed by atoms with Crippen LogP contribution in [0.15, 0.2) is 24.3 Å². The first kappa shape index (κ1) is 14.7. The maximum Gasteiger partial charge on any atom is 0.228 e. The first-order valence-corrected chi connectivity index (χ1v) is 4.88. The molecule has 0 heterocycles. The van der Waals surface area contributed by atoms with Gasteiger partial charge >= 0.3 is 0 Å². The summed E-state index contributed by atoms with van der Waals surface area (Å²) < 4.78 is 0. The van der Waals surface area contributed by atoms with Gasteiger partial charge in [-0.05, 0) is 19.2 Å². The Hall–Kier alpha value is -1.26. The van der Waals surface area contributed by atoms with Gasteiger partial charge in [-0.25, -0.2) is 0 Å². The van der Waals surface area contributed by atoms with E-state index in [0.29, 0.717) is 12.2 Å². The monoisotopic (exact) mass is 244 g/mol. The van der Waals surface area contributed by atoms with Crippen molar-refractivity contribution in [3.63, 3.8) is 0 Å². The highest BCUT2D eigenvalue weighted by atomic mass is 35.5. The van der Waals surface area contributed by atoms with E-state index >= 15 is 0 Å². The number of carbonyl (C=O) groups is 1. The van der Waals surface area contributed by atoms with Crippen molar-refractivity contribution >= 4 is 24.0 Å². The molecule has 1 amide bonds. The maximum absolute atomic E-state index is 11.6. The highest BCUT2D eigenvalue weighted by molar-refractivity contribution is 5.93. The number of aromatic hydroxyl groups is 1. The maximum atomic E-state index is 11.6. The smallest absolute Gasteiger partial charge is 0.228 e. The molecular weight excluding hydrogens is 228 g/mol. The van der Waals surface area contributed by atoms with Crippen LogP contribution in [0.4, 0.5) is 5.69 Å². The Kier molecular flexibility index (Phi) is 6.53. The van der Waals surface area contributed by atoms with Crippen LogP contribution in [0.25, 0.3) is 0 Å². The SMILES string of the molecule is CNCC(C)C(=O)Nc1ccccc1O.Cl. The number of hydrogen-bond acceptors (Lipinski definition) is 3. The Labute approximate surface area is 101 Å². The summed E-state index contributed by atoms with van der Waals surface area (Å²) in [5.41, 5.74) is 0.449. The number of phenols is 1. The average Bonchev–Trinajstić information content (AvgIpc) is 2.21. The zero-order chi connectivity index (χ0) is 11.3. The van der Waals surface area contributed by atoms with Crippen molar-refractivity contribution in [1.29, 1.82) is 0 Å². The summed E-state index contributed by atoms with van der Waals surface area (Å²) in [5.74, 6) is -0.150. The second-order valence-corrected chi connectivity index (χ2v) is 3.47. The molecule has 1 rings (SSSR count). The fraction of sp³-hybridized carbons (Fsp3) is 0.364. The lowest BCUT2D eigenvalue weighted by Crippen LogP contribution is -2.28. The van der Waals surface area contributed by atoms with Gasteiger partial charge in [-0.3, -0.25) is 4.79 Å². The molecule has 0 bridgehead atoms. The zero-order valence-corrected chi connectivity index (χ0v) is 10.2. The number of phenolic OH excluding ortho intramolecular Hbond substituents is 1. The Bertz CT molecular complexity index is 345. The standard InChI is InChI=1S/C11H16N2O2.ClH/c1-8(7-12-2)11(15)13-9-5-3-4-6-10(9)14;/h3-6,8,12,14H,7H2,1-2H3,(H,13,15);1H. The van der Waals surface area contributed by atoms with Crippen molar-refractivity contribution in [2.45, 2.75) is 6.92 Å². The lowest BCUT2D eigenvalue weighted by molar-refractivity contribution is -0.119. The van der Waals surface area contributed by atoms with Crippen molar-refractivity contribution < 1.29 is 9.90 Å². The molecule has 16 heavy (non-hydrogen) atoms. The van der Waals surface area contributed by atoms with E-state index in [0.717, 1.165) is 0 Å². The van der Waals surface area contributed by atoms with E-state index < -0.39 is 0 Å². The van der Waals surface area contributed by atoms with E-state index in [-0.39, 0.29) is 30.0 Å². The third-order valence-electron chi connectivity index (χ3n) is 2.12. The van der Waals surface area contributed by atoms with Crippen LogP contribution in [0.1, 0.15) is 6.92 Å². The van der Waals surface area contributed by atoms with Gasteiger partial charge in [-0.1, -0.05) is 19.1 Å². The Balaban J connectivity index is 0.00000225. The fourth-order valence-corrected chi connectivity index (χ4v) is 1.23. The van der Waals surface area contributed by atoms with E-state index in [1.807, 2.05) is 6.92 Å². The highest BCUT2D eigenvalue weighted by Gasteiger charge is 2.12. The molecule has 90 valence electrons. The van der Waals surface area contributed by atoms with Gasteiger partial charge in [0, 0.05) is 12.5 Å². The molecule has 1 atom stereocenters. The predicted molar refractivity (Wildman–Crippen MR) is 67.1 cm³/mol. The molecule has 4 nitrogen and oxygen atoms in total. The molecular formula is C11H17ClN2O2. The van der Waals surface area contributed by atoms with E-state index in [9.17, 15) is 9.90 Å². The summed E-state index contributed by atoms with van der Waals surface area (Å²) in [6.45, 7) is 2.44. The van der Waals surface area contributed by atoms with E-state index in [4.69, 9.17) is 0 Å². The molecule has 1 aromatic rings. The van der Waals surface area contributed by atoms with Gasteiger partial charge in [0.2, 0.25) is 5.91 Å². The van der Waals surface area contributed by atoms with E-state index in [2.05, 4.69) is 10.6 Å².